The number of rotatable bonds is 6. The van der Waals surface area contributed by atoms with Gasteiger partial charge in [0.15, 0.2) is 0 Å². The van der Waals surface area contributed by atoms with Gasteiger partial charge in [-0.25, -0.2) is 0 Å². The van der Waals surface area contributed by atoms with Crippen LogP contribution in [0.15, 0.2) is 18.2 Å². The number of aryl methyl sites for hydroxylation is 1. The molecular formula is C16H22N2O3. The van der Waals surface area contributed by atoms with Gasteiger partial charge in [-0.05, 0) is 42.5 Å². The molecule has 2 N–H and O–H groups in total. The zero-order valence-electron chi connectivity index (χ0n) is 12.6. The van der Waals surface area contributed by atoms with E-state index in [4.69, 9.17) is 10.5 Å². The van der Waals surface area contributed by atoms with E-state index in [2.05, 4.69) is 0 Å². The Bertz CT molecular complexity index is 542. The van der Waals surface area contributed by atoms with Crippen LogP contribution >= 0.6 is 0 Å². The lowest BCUT2D eigenvalue weighted by Crippen LogP contribution is -2.29. The van der Waals surface area contributed by atoms with Crippen LogP contribution < -0.4 is 5.73 Å². The van der Waals surface area contributed by atoms with Gasteiger partial charge < -0.3 is 15.4 Å². The maximum Gasteiger partial charge on any atom is 0.248 e. The van der Waals surface area contributed by atoms with Gasteiger partial charge in [0.25, 0.3) is 0 Å². The summed E-state index contributed by atoms with van der Waals surface area (Å²) in [6.45, 7) is 3.97. The Balaban J connectivity index is 2.04. The molecule has 0 spiro atoms. The Labute approximate surface area is 125 Å². The lowest BCUT2D eigenvalue weighted by Gasteiger charge is -2.16. The van der Waals surface area contributed by atoms with Crippen LogP contribution in [0.3, 0.4) is 0 Å². The van der Waals surface area contributed by atoms with Gasteiger partial charge in [0, 0.05) is 32.2 Å². The maximum atomic E-state index is 11.9. The van der Waals surface area contributed by atoms with Crippen LogP contribution in [0.2, 0.25) is 0 Å². The summed E-state index contributed by atoms with van der Waals surface area (Å²) < 4.78 is 5.02. The van der Waals surface area contributed by atoms with E-state index in [1.807, 2.05) is 24.0 Å². The van der Waals surface area contributed by atoms with Gasteiger partial charge >= 0.3 is 0 Å². The van der Waals surface area contributed by atoms with Gasteiger partial charge in [-0.1, -0.05) is 6.07 Å². The molecule has 1 atom stereocenters. The second kappa shape index (κ2) is 6.72. The van der Waals surface area contributed by atoms with Crippen molar-refractivity contribution in [2.75, 3.05) is 26.8 Å². The molecule has 2 amide bonds. The molecule has 0 aliphatic carbocycles. The number of hydrogen-bond acceptors (Lipinski definition) is 3. The summed E-state index contributed by atoms with van der Waals surface area (Å²) in [5.41, 5.74) is 8.07. The van der Waals surface area contributed by atoms with Crippen LogP contribution in [0.5, 0.6) is 0 Å². The molecule has 2 rings (SSSR count). The largest absolute Gasteiger partial charge is 0.383 e. The Morgan fingerprint density at radius 3 is 2.90 bits per heavy atom. The first-order valence-corrected chi connectivity index (χ1v) is 7.17. The molecule has 0 aromatic heterocycles. The Hall–Kier alpha value is -1.88. The van der Waals surface area contributed by atoms with Crippen molar-refractivity contribution < 1.29 is 14.3 Å². The summed E-state index contributed by atoms with van der Waals surface area (Å²) >= 11 is 0. The minimum atomic E-state index is -0.416. The Morgan fingerprint density at radius 1 is 1.48 bits per heavy atom. The fourth-order valence-corrected chi connectivity index (χ4v) is 2.76. The fraction of sp³-hybridized carbons (Fsp3) is 0.500. The molecule has 1 aliphatic rings. The highest BCUT2D eigenvalue weighted by atomic mass is 16.5. The molecule has 1 fully saturated rings. The lowest BCUT2D eigenvalue weighted by atomic mass is 9.94. The number of amides is 2. The van der Waals surface area contributed by atoms with Crippen LogP contribution in [-0.4, -0.2) is 43.5 Å². The first-order valence-electron chi connectivity index (χ1n) is 7.17. The highest BCUT2D eigenvalue weighted by Crippen LogP contribution is 2.24. The number of carbonyl (C=O) groups excluding carboxylic acids is 2. The van der Waals surface area contributed by atoms with Crippen LogP contribution in [0.4, 0.5) is 0 Å². The number of nitrogens with two attached hydrogens (primary N) is 1. The monoisotopic (exact) mass is 290 g/mol. The van der Waals surface area contributed by atoms with Crippen molar-refractivity contribution in [2.24, 2.45) is 11.7 Å². The smallest absolute Gasteiger partial charge is 0.248 e. The molecule has 0 bridgehead atoms. The number of nitrogens with zero attached hydrogens (tertiary/aromatic N) is 1. The normalized spacial score (nSPS) is 18.3. The molecule has 1 heterocycles. The van der Waals surface area contributed by atoms with E-state index >= 15 is 0 Å². The summed E-state index contributed by atoms with van der Waals surface area (Å²) in [4.78, 5) is 25.1. The Kier molecular flexibility index (Phi) is 4.96. The second-order valence-electron chi connectivity index (χ2n) is 5.61. The van der Waals surface area contributed by atoms with Crippen molar-refractivity contribution in [2.45, 2.75) is 19.8 Å². The molecule has 1 aromatic rings. The first kappa shape index (κ1) is 15.5. The molecule has 1 aliphatic heterocycles. The quantitative estimate of drug-likeness (QED) is 0.853. The number of benzene rings is 1. The highest BCUT2D eigenvalue weighted by Gasteiger charge is 2.29. The van der Waals surface area contributed by atoms with Gasteiger partial charge in [-0.15, -0.1) is 0 Å². The second-order valence-corrected chi connectivity index (χ2v) is 5.61. The SMILES string of the molecule is COCCN1C[C@H](Cc2cc(C(N)=O)ccc2C)CC1=O. The predicted molar refractivity (Wildman–Crippen MR) is 80.0 cm³/mol. The van der Waals surface area contributed by atoms with E-state index in [1.54, 1.807) is 13.2 Å². The van der Waals surface area contributed by atoms with Gasteiger partial charge in [0.05, 0.1) is 6.61 Å². The van der Waals surface area contributed by atoms with E-state index < -0.39 is 5.91 Å². The zero-order valence-corrected chi connectivity index (χ0v) is 12.6. The van der Waals surface area contributed by atoms with Gasteiger partial charge in [-0.2, -0.15) is 0 Å². The summed E-state index contributed by atoms with van der Waals surface area (Å²) in [5, 5.41) is 0. The van der Waals surface area contributed by atoms with Crippen molar-refractivity contribution in [3.05, 3.63) is 34.9 Å². The van der Waals surface area contributed by atoms with Crippen molar-refractivity contribution in [1.29, 1.82) is 0 Å². The molecular weight excluding hydrogens is 268 g/mol. The topological polar surface area (TPSA) is 72.6 Å². The molecule has 21 heavy (non-hydrogen) atoms. The molecule has 0 radical (unpaired) electrons. The van der Waals surface area contributed by atoms with Crippen LogP contribution in [0.1, 0.15) is 27.9 Å². The summed E-state index contributed by atoms with van der Waals surface area (Å²) in [7, 11) is 1.64. The number of ether oxygens (including phenoxy) is 1. The Morgan fingerprint density at radius 2 is 2.24 bits per heavy atom. The maximum absolute atomic E-state index is 11.9. The number of carbonyl (C=O) groups is 2. The third-order valence-electron chi connectivity index (χ3n) is 4.00. The van der Waals surface area contributed by atoms with E-state index in [0.29, 0.717) is 25.1 Å². The lowest BCUT2D eigenvalue weighted by molar-refractivity contribution is -0.128. The van der Waals surface area contributed by atoms with Crippen molar-refractivity contribution in [1.82, 2.24) is 4.90 Å². The van der Waals surface area contributed by atoms with Crippen molar-refractivity contribution >= 4 is 11.8 Å². The van der Waals surface area contributed by atoms with Gasteiger partial charge in [-0.3, -0.25) is 9.59 Å². The molecule has 114 valence electrons. The molecule has 0 saturated carbocycles. The number of primary amides is 1. The van der Waals surface area contributed by atoms with Crippen molar-refractivity contribution in [3.8, 4) is 0 Å². The first-order chi connectivity index (χ1) is 10.0. The number of hydrogen-bond donors (Lipinski definition) is 1. The summed E-state index contributed by atoms with van der Waals surface area (Å²) in [5.74, 6) is 0.0532. The molecule has 1 aromatic carbocycles. The molecule has 5 heteroatoms. The van der Waals surface area contributed by atoms with E-state index in [1.165, 1.54) is 0 Å². The zero-order chi connectivity index (χ0) is 15.4. The highest BCUT2D eigenvalue weighted by molar-refractivity contribution is 5.93. The van der Waals surface area contributed by atoms with E-state index in [9.17, 15) is 9.59 Å². The minimum Gasteiger partial charge on any atom is -0.383 e. The van der Waals surface area contributed by atoms with Crippen LogP contribution in [-0.2, 0) is 16.0 Å². The standard InChI is InChI=1S/C16H22N2O3/c1-11-3-4-13(16(17)20)9-14(11)7-12-8-15(19)18(10-12)5-6-21-2/h3-4,9,12H,5-8,10H2,1-2H3,(H2,17,20)/t12-/m1/s1. The van der Waals surface area contributed by atoms with Crippen molar-refractivity contribution in [3.63, 3.8) is 0 Å². The van der Waals surface area contributed by atoms with E-state index in [-0.39, 0.29) is 11.8 Å². The minimum absolute atomic E-state index is 0.181. The number of methoxy groups -OCH3 is 1. The average Bonchev–Trinajstić information content (AvgIpc) is 2.78. The molecule has 0 unspecified atom stereocenters. The fourth-order valence-electron chi connectivity index (χ4n) is 2.76. The van der Waals surface area contributed by atoms with Gasteiger partial charge in [0.1, 0.15) is 0 Å². The summed E-state index contributed by atoms with van der Waals surface area (Å²) in [6, 6.07) is 5.50. The third kappa shape index (κ3) is 3.82. The van der Waals surface area contributed by atoms with Crippen LogP contribution in [0.25, 0.3) is 0 Å². The molecule has 1 saturated heterocycles. The third-order valence-corrected chi connectivity index (χ3v) is 4.00. The predicted octanol–water partition coefficient (Wildman–Crippen LogP) is 1.13. The van der Waals surface area contributed by atoms with Crippen LogP contribution in [0, 0.1) is 12.8 Å². The number of likely N-dealkylation sites (tertiary alicyclic amines) is 1. The summed E-state index contributed by atoms with van der Waals surface area (Å²) in [6.07, 6.45) is 1.35. The van der Waals surface area contributed by atoms with E-state index in [0.717, 1.165) is 24.1 Å². The van der Waals surface area contributed by atoms with Gasteiger partial charge in [0.2, 0.25) is 11.8 Å². The molecule has 5 nitrogen and oxygen atoms in total. The average molecular weight is 290 g/mol.